The van der Waals surface area contributed by atoms with E-state index in [9.17, 15) is 14.4 Å². The minimum absolute atomic E-state index is 0.151. The van der Waals surface area contributed by atoms with E-state index in [1.807, 2.05) is 0 Å². The number of carboxylic acids is 1. The van der Waals surface area contributed by atoms with Crippen LogP contribution in [0.5, 0.6) is 0 Å². The Morgan fingerprint density at radius 1 is 1.00 bits per heavy atom. The van der Waals surface area contributed by atoms with Crippen molar-refractivity contribution in [2.75, 3.05) is 0 Å². The van der Waals surface area contributed by atoms with Crippen LogP contribution in [0.2, 0.25) is 0 Å². The van der Waals surface area contributed by atoms with Gasteiger partial charge in [-0.15, -0.1) is 0 Å². The molecule has 1 heterocycles. The zero-order valence-corrected chi connectivity index (χ0v) is 12.9. The average Bonchev–Trinajstić information content (AvgIpc) is 3.09. The number of nitriles is 1. The van der Waals surface area contributed by atoms with Crippen LogP contribution in [-0.4, -0.2) is 11.1 Å². The Morgan fingerprint density at radius 3 is 2.24 bits per heavy atom. The van der Waals surface area contributed by atoms with E-state index in [0.717, 1.165) is 5.56 Å². The third-order valence-corrected chi connectivity index (χ3v) is 3.61. The molecule has 5 heteroatoms. The van der Waals surface area contributed by atoms with E-state index in [2.05, 4.69) is 6.07 Å². The lowest BCUT2D eigenvalue weighted by molar-refractivity contribution is 0.0697. The van der Waals surface area contributed by atoms with Crippen molar-refractivity contribution in [2.24, 2.45) is 0 Å². The first-order valence-electron chi connectivity index (χ1n) is 7.38. The quantitative estimate of drug-likeness (QED) is 0.693. The molecular weight excluding hydrogens is 321 g/mol. The summed E-state index contributed by atoms with van der Waals surface area (Å²) < 4.78 is 18.7. The Kier molecular flexibility index (Phi) is 4.44. The minimum atomic E-state index is -1.02. The number of hydrogen-bond donors (Lipinski definition) is 1. The van der Waals surface area contributed by atoms with Crippen LogP contribution in [0.1, 0.15) is 21.7 Å². The molecule has 3 rings (SSSR count). The van der Waals surface area contributed by atoms with Gasteiger partial charge < -0.3 is 9.52 Å². The fourth-order valence-electron chi connectivity index (χ4n) is 2.31. The Balaban J connectivity index is 1.89. The molecule has 0 radical (unpaired) electrons. The monoisotopic (exact) mass is 333 g/mol. The van der Waals surface area contributed by atoms with Gasteiger partial charge in [0.25, 0.3) is 0 Å². The predicted octanol–water partition coefficient (Wildman–Crippen LogP) is 4.85. The van der Waals surface area contributed by atoms with E-state index in [1.165, 1.54) is 24.3 Å². The van der Waals surface area contributed by atoms with E-state index >= 15 is 0 Å². The first-order chi connectivity index (χ1) is 12.1. The molecular formula is C20H12FNO3. The van der Waals surface area contributed by atoms with Crippen LogP contribution in [0.4, 0.5) is 4.39 Å². The van der Waals surface area contributed by atoms with Gasteiger partial charge in [-0.3, -0.25) is 0 Å². The number of allylic oxidation sites excluding steroid dienone is 1. The first kappa shape index (κ1) is 16.2. The summed E-state index contributed by atoms with van der Waals surface area (Å²) in [5.41, 5.74) is 1.81. The van der Waals surface area contributed by atoms with Gasteiger partial charge in [0.1, 0.15) is 17.3 Å². The van der Waals surface area contributed by atoms with E-state index in [1.54, 1.807) is 42.5 Å². The molecule has 122 valence electrons. The maximum absolute atomic E-state index is 13.0. The van der Waals surface area contributed by atoms with Crippen LogP contribution >= 0.6 is 0 Å². The fraction of sp³-hybridized carbons (Fsp3) is 0. The smallest absolute Gasteiger partial charge is 0.335 e. The molecule has 0 aliphatic rings. The van der Waals surface area contributed by atoms with Crippen molar-refractivity contribution in [1.82, 2.24) is 0 Å². The number of carbonyl (C=O) groups is 1. The second-order valence-corrected chi connectivity index (χ2v) is 5.26. The second kappa shape index (κ2) is 6.85. The van der Waals surface area contributed by atoms with Crippen molar-refractivity contribution in [2.45, 2.75) is 0 Å². The van der Waals surface area contributed by atoms with E-state index < -0.39 is 5.97 Å². The van der Waals surface area contributed by atoms with Crippen molar-refractivity contribution in [1.29, 1.82) is 5.26 Å². The number of hydrogen-bond acceptors (Lipinski definition) is 3. The Labute approximate surface area is 143 Å². The maximum atomic E-state index is 13.0. The molecule has 0 spiro atoms. The predicted molar refractivity (Wildman–Crippen MR) is 91.0 cm³/mol. The summed E-state index contributed by atoms with van der Waals surface area (Å²) in [6, 6.07) is 17.5. The molecule has 0 atom stereocenters. The maximum Gasteiger partial charge on any atom is 0.335 e. The highest BCUT2D eigenvalue weighted by Gasteiger charge is 2.08. The fourth-order valence-corrected chi connectivity index (χ4v) is 2.31. The van der Waals surface area contributed by atoms with E-state index in [0.29, 0.717) is 22.7 Å². The molecule has 25 heavy (non-hydrogen) atoms. The highest BCUT2D eigenvalue weighted by molar-refractivity contribution is 5.91. The molecule has 0 saturated carbocycles. The normalized spacial score (nSPS) is 11.1. The standard InChI is InChI=1S/C20H12FNO3/c21-17-7-5-14(6-8-17)19-10-9-18(25-19)11-16(12-22)13-1-3-15(4-2-13)20(23)24/h1-11H,(H,23,24)/b16-11-. The van der Waals surface area contributed by atoms with Gasteiger partial charge in [-0.2, -0.15) is 5.26 Å². The molecule has 1 N–H and O–H groups in total. The van der Waals surface area contributed by atoms with Gasteiger partial charge in [0, 0.05) is 5.56 Å². The molecule has 1 aromatic heterocycles. The molecule has 0 saturated heterocycles. The Bertz CT molecular complexity index is 977. The summed E-state index contributed by atoms with van der Waals surface area (Å²) in [5, 5.41) is 18.3. The van der Waals surface area contributed by atoms with Crippen molar-refractivity contribution < 1.29 is 18.7 Å². The Morgan fingerprint density at radius 2 is 1.64 bits per heavy atom. The third-order valence-electron chi connectivity index (χ3n) is 3.61. The number of rotatable bonds is 4. The van der Waals surface area contributed by atoms with Crippen LogP contribution in [0.25, 0.3) is 23.0 Å². The van der Waals surface area contributed by atoms with Crippen molar-refractivity contribution >= 4 is 17.6 Å². The number of halogens is 1. The summed E-state index contributed by atoms with van der Waals surface area (Å²) in [6.45, 7) is 0. The lowest BCUT2D eigenvalue weighted by atomic mass is 10.0. The van der Waals surface area contributed by atoms with Crippen LogP contribution in [0.3, 0.4) is 0 Å². The van der Waals surface area contributed by atoms with Crippen LogP contribution in [0, 0.1) is 17.1 Å². The topological polar surface area (TPSA) is 74.2 Å². The first-order valence-corrected chi connectivity index (χ1v) is 7.38. The van der Waals surface area contributed by atoms with E-state index in [4.69, 9.17) is 9.52 Å². The summed E-state index contributed by atoms with van der Waals surface area (Å²) >= 11 is 0. The summed E-state index contributed by atoms with van der Waals surface area (Å²) in [4.78, 5) is 10.9. The minimum Gasteiger partial charge on any atom is -0.478 e. The van der Waals surface area contributed by atoms with Crippen molar-refractivity contribution in [3.05, 3.63) is 83.4 Å². The molecule has 0 fully saturated rings. The second-order valence-electron chi connectivity index (χ2n) is 5.26. The zero-order chi connectivity index (χ0) is 17.8. The average molecular weight is 333 g/mol. The van der Waals surface area contributed by atoms with Gasteiger partial charge in [0.15, 0.2) is 0 Å². The third kappa shape index (κ3) is 3.65. The van der Waals surface area contributed by atoms with Crippen LogP contribution < -0.4 is 0 Å². The van der Waals surface area contributed by atoms with Gasteiger partial charge >= 0.3 is 5.97 Å². The van der Waals surface area contributed by atoms with Gasteiger partial charge in [0.2, 0.25) is 0 Å². The van der Waals surface area contributed by atoms with Crippen molar-refractivity contribution in [3.8, 4) is 17.4 Å². The lowest BCUT2D eigenvalue weighted by Crippen LogP contribution is -1.95. The van der Waals surface area contributed by atoms with Gasteiger partial charge in [-0.25, -0.2) is 9.18 Å². The number of nitrogens with zero attached hydrogens (tertiary/aromatic N) is 1. The number of benzene rings is 2. The van der Waals surface area contributed by atoms with Gasteiger partial charge in [-0.1, -0.05) is 12.1 Å². The molecule has 4 nitrogen and oxygen atoms in total. The number of aromatic carboxylic acids is 1. The molecule has 2 aromatic carbocycles. The highest BCUT2D eigenvalue weighted by atomic mass is 19.1. The van der Waals surface area contributed by atoms with Crippen molar-refractivity contribution in [3.63, 3.8) is 0 Å². The lowest BCUT2D eigenvalue weighted by Gasteiger charge is -2.00. The summed E-state index contributed by atoms with van der Waals surface area (Å²) in [5.74, 6) is -0.320. The zero-order valence-electron chi connectivity index (χ0n) is 12.9. The van der Waals surface area contributed by atoms with Gasteiger partial charge in [-0.05, 0) is 60.2 Å². The SMILES string of the molecule is N#C/C(=C/c1ccc(-c2ccc(F)cc2)o1)c1ccc(C(=O)O)cc1. The number of furan rings is 1. The Hall–Kier alpha value is -3.65. The van der Waals surface area contributed by atoms with Gasteiger partial charge in [0.05, 0.1) is 17.2 Å². The highest BCUT2D eigenvalue weighted by Crippen LogP contribution is 2.25. The molecule has 0 aliphatic heterocycles. The van der Waals surface area contributed by atoms with Crippen LogP contribution in [0.15, 0.2) is 65.1 Å². The summed E-state index contributed by atoms with van der Waals surface area (Å²) in [7, 11) is 0. The molecule has 0 bridgehead atoms. The molecule has 3 aromatic rings. The largest absolute Gasteiger partial charge is 0.478 e. The molecule has 0 aliphatic carbocycles. The van der Waals surface area contributed by atoms with E-state index in [-0.39, 0.29) is 11.4 Å². The number of carboxylic acid groups (broad SMARTS) is 1. The molecule has 0 unspecified atom stereocenters. The molecule has 0 amide bonds. The summed E-state index contributed by atoms with van der Waals surface area (Å²) in [6.07, 6.45) is 1.57. The van der Waals surface area contributed by atoms with Crippen LogP contribution in [-0.2, 0) is 0 Å².